The van der Waals surface area contributed by atoms with Crippen LogP contribution in [0.2, 0.25) is 0 Å². The maximum atomic E-state index is 13.7. The summed E-state index contributed by atoms with van der Waals surface area (Å²) in [5.41, 5.74) is 0.0830. The highest BCUT2D eigenvalue weighted by Gasteiger charge is 2.46. The van der Waals surface area contributed by atoms with Crippen molar-refractivity contribution in [3.05, 3.63) is 46.6 Å². The normalized spacial score (nSPS) is 26.5. The summed E-state index contributed by atoms with van der Waals surface area (Å²) in [6.07, 6.45) is 12.5. The lowest BCUT2D eigenvalue weighted by Gasteiger charge is -2.39. The summed E-state index contributed by atoms with van der Waals surface area (Å²) in [5, 5.41) is 27.8. The molecule has 1 aromatic rings. The van der Waals surface area contributed by atoms with E-state index in [9.17, 15) is 9.90 Å². The quantitative estimate of drug-likeness (QED) is 0.351. The minimum Gasteiger partial charge on any atom is -0.371 e. The van der Waals surface area contributed by atoms with Gasteiger partial charge in [-0.05, 0) is 50.5 Å². The van der Waals surface area contributed by atoms with Crippen LogP contribution in [0.3, 0.4) is 0 Å². The molecule has 188 valence electrons. The Morgan fingerprint density at radius 3 is 2.80 bits per heavy atom. The molecule has 11 heteroatoms. The van der Waals surface area contributed by atoms with E-state index in [1.165, 1.54) is 0 Å². The molecular formula is C24H31Cl2N7O2. The van der Waals surface area contributed by atoms with Crippen molar-refractivity contribution in [2.24, 2.45) is 10.9 Å². The first kappa shape index (κ1) is 25.6. The number of allylic oxidation sites excluding steroid dienone is 4. The summed E-state index contributed by atoms with van der Waals surface area (Å²) in [6, 6.07) is -0.161. The van der Waals surface area contributed by atoms with Gasteiger partial charge in [0.1, 0.15) is 17.1 Å². The summed E-state index contributed by atoms with van der Waals surface area (Å²) >= 11 is 12.6. The molecule has 0 radical (unpaired) electrons. The molecule has 0 aromatic carbocycles. The van der Waals surface area contributed by atoms with E-state index in [0.29, 0.717) is 29.2 Å². The molecule has 3 aliphatic rings. The molecule has 4 rings (SSSR count). The number of hydrogen-bond donors (Lipinski definition) is 3. The first-order valence-corrected chi connectivity index (χ1v) is 12.6. The molecule has 35 heavy (non-hydrogen) atoms. The Hall–Kier alpha value is -2.49. The van der Waals surface area contributed by atoms with Gasteiger partial charge in [0.15, 0.2) is 0 Å². The number of amides is 1. The number of aliphatic imine (C=N–C) groups is 1. The van der Waals surface area contributed by atoms with Gasteiger partial charge < -0.3 is 15.3 Å². The van der Waals surface area contributed by atoms with Gasteiger partial charge in [-0.25, -0.2) is 0 Å². The van der Waals surface area contributed by atoms with Crippen molar-refractivity contribution in [2.45, 2.75) is 76.2 Å². The zero-order valence-electron chi connectivity index (χ0n) is 20.3. The number of nitrogens with one attached hydrogen (secondary N) is 2. The van der Waals surface area contributed by atoms with E-state index in [0.717, 1.165) is 18.4 Å². The van der Waals surface area contributed by atoms with Crippen LogP contribution in [-0.2, 0) is 4.79 Å². The van der Waals surface area contributed by atoms with Crippen molar-refractivity contribution in [3.8, 4) is 0 Å². The molecule has 4 unspecified atom stereocenters. The summed E-state index contributed by atoms with van der Waals surface area (Å²) < 4.78 is 0. The first-order chi connectivity index (χ1) is 16.5. The number of carbonyl (C=O) groups excluding carboxylic acids is 1. The molecule has 1 amide bonds. The number of rotatable bonds is 8. The van der Waals surface area contributed by atoms with Crippen LogP contribution in [0.4, 0.5) is 5.95 Å². The maximum absolute atomic E-state index is 13.7. The van der Waals surface area contributed by atoms with E-state index < -0.39 is 11.4 Å². The predicted octanol–water partition coefficient (Wildman–Crippen LogP) is 4.07. The third-order valence-corrected chi connectivity index (χ3v) is 7.10. The van der Waals surface area contributed by atoms with Gasteiger partial charge in [0.05, 0.1) is 11.4 Å². The SMILES string of the molecule is CCCC(C1=CCC(C(C)(O)Nc2nn[nH]n2)C=C1)N1C(=O)C(C2=CC(Cl)CC(Cl)=C2)=NC1(C)C. The molecule has 1 aromatic heterocycles. The fraction of sp³-hybridized carbons (Fsp3) is 0.542. The summed E-state index contributed by atoms with van der Waals surface area (Å²) in [6.45, 7) is 7.67. The van der Waals surface area contributed by atoms with Gasteiger partial charge in [-0.15, -0.1) is 16.7 Å². The fourth-order valence-electron chi connectivity index (χ4n) is 4.86. The van der Waals surface area contributed by atoms with Gasteiger partial charge in [-0.3, -0.25) is 9.79 Å². The molecule has 9 nitrogen and oxygen atoms in total. The highest BCUT2D eigenvalue weighted by Crippen LogP contribution is 2.37. The highest BCUT2D eigenvalue weighted by molar-refractivity contribution is 6.48. The standard InChI is InChI=1S/C24H31Cl2N7O2/c1-5-6-19(14-7-9-16(10-8-14)24(4,35)28-22-29-31-32-30-22)33-21(34)20(27-23(33,2)3)15-11-17(25)13-18(26)12-15/h7-9,11-12,16-17,19,35H,5-6,10,13H2,1-4H3,(H2,28,29,30,31,32). The van der Waals surface area contributed by atoms with E-state index >= 15 is 0 Å². The lowest BCUT2D eigenvalue weighted by molar-refractivity contribution is -0.128. The smallest absolute Gasteiger partial charge is 0.275 e. The Kier molecular flexibility index (Phi) is 7.22. The molecule has 3 N–H and O–H groups in total. The lowest BCUT2D eigenvalue weighted by Crippen LogP contribution is -2.50. The number of aromatic nitrogens is 4. The second kappa shape index (κ2) is 9.87. The predicted molar refractivity (Wildman–Crippen MR) is 137 cm³/mol. The Bertz CT molecular complexity index is 1120. The van der Waals surface area contributed by atoms with E-state index in [1.54, 1.807) is 13.0 Å². The number of carbonyl (C=O) groups is 1. The molecule has 4 atom stereocenters. The van der Waals surface area contributed by atoms with Crippen LogP contribution in [0.15, 0.2) is 51.6 Å². The minimum absolute atomic E-state index is 0.131. The fourth-order valence-corrected chi connectivity index (χ4v) is 5.53. The Balaban J connectivity index is 1.55. The third-order valence-electron chi connectivity index (χ3n) is 6.55. The van der Waals surface area contributed by atoms with Crippen LogP contribution in [0.5, 0.6) is 0 Å². The number of halogens is 2. The second-order valence-corrected chi connectivity index (χ2v) is 10.8. The lowest BCUT2D eigenvalue weighted by atomic mass is 9.85. The van der Waals surface area contributed by atoms with Crippen molar-refractivity contribution in [2.75, 3.05) is 5.32 Å². The average molecular weight is 520 g/mol. The summed E-state index contributed by atoms with van der Waals surface area (Å²) in [4.78, 5) is 20.4. The first-order valence-electron chi connectivity index (χ1n) is 11.8. The van der Waals surface area contributed by atoms with E-state index in [1.807, 2.05) is 37.0 Å². The number of alkyl halides is 1. The molecular weight excluding hydrogens is 489 g/mol. The maximum Gasteiger partial charge on any atom is 0.275 e. The van der Waals surface area contributed by atoms with Crippen LogP contribution < -0.4 is 5.32 Å². The number of aliphatic hydroxyl groups is 1. The van der Waals surface area contributed by atoms with Crippen LogP contribution in [-0.4, -0.2) is 65.1 Å². The number of anilines is 1. The monoisotopic (exact) mass is 519 g/mol. The molecule has 0 saturated heterocycles. The van der Waals surface area contributed by atoms with Crippen molar-refractivity contribution < 1.29 is 9.90 Å². The van der Waals surface area contributed by atoms with Crippen LogP contribution in [0.25, 0.3) is 0 Å². The van der Waals surface area contributed by atoms with Gasteiger partial charge in [0, 0.05) is 22.9 Å². The van der Waals surface area contributed by atoms with Gasteiger partial charge in [0.25, 0.3) is 11.9 Å². The van der Waals surface area contributed by atoms with Gasteiger partial charge >= 0.3 is 0 Å². The summed E-state index contributed by atoms with van der Waals surface area (Å²) in [7, 11) is 0. The van der Waals surface area contributed by atoms with Gasteiger partial charge in [-0.1, -0.05) is 54.3 Å². The van der Waals surface area contributed by atoms with Gasteiger partial charge in [0.2, 0.25) is 0 Å². The number of nitrogens with zero attached hydrogens (tertiary/aromatic N) is 5. The van der Waals surface area contributed by atoms with Crippen LogP contribution in [0.1, 0.15) is 53.4 Å². The number of aromatic amines is 1. The second-order valence-electron chi connectivity index (χ2n) is 9.78. The summed E-state index contributed by atoms with van der Waals surface area (Å²) in [5.74, 6) is -0.128. The van der Waals surface area contributed by atoms with Crippen molar-refractivity contribution in [3.63, 3.8) is 0 Å². The topological polar surface area (TPSA) is 119 Å². The molecule has 2 aliphatic carbocycles. The average Bonchev–Trinajstić information content (AvgIpc) is 3.36. The van der Waals surface area contributed by atoms with Crippen LogP contribution >= 0.6 is 23.2 Å². The Morgan fingerprint density at radius 1 is 1.43 bits per heavy atom. The number of H-pyrrole nitrogens is 1. The highest BCUT2D eigenvalue weighted by atomic mass is 35.5. The zero-order valence-corrected chi connectivity index (χ0v) is 21.8. The molecule has 0 bridgehead atoms. The van der Waals surface area contributed by atoms with Gasteiger partial charge in [-0.2, -0.15) is 5.21 Å². The molecule has 0 spiro atoms. The molecule has 0 fully saturated rings. The third kappa shape index (κ3) is 5.37. The van der Waals surface area contributed by atoms with Crippen molar-refractivity contribution in [1.29, 1.82) is 0 Å². The number of hydrogen-bond acceptors (Lipinski definition) is 7. The van der Waals surface area contributed by atoms with E-state index in [2.05, 4.69) is 38.9 Å². The van der Waals surface area contributed by atoms with Crippen molar-refractivity contribution >= 4 is 40.8 Å². The number of tetrazole rings is 1. The Morgan fingerprint density at radius 2 is 2.20 bits per heavy atom. The molecule has 1 aliphatic heterocycles. The largest absolute Gasteiger partial charge is 0.371 e. The van der Waals surface area contributed by atoms with Crippen LogP contribution in [0, 0.1) is 5.92 Å². The molecule has 2 heterocycles. The Labute approximate surface area is 215 Å². The minimum atomic E-state index is -1.28. The molecule has 0 saturated carbocycles. The van der Waals surface area contributed by atoms with E-state index in [-0.39, 0.29) is 29.2 Å². The van der Waals surface area contributed by atoms with E-state index in [4.69, 9.17) is 28.2 Å². The zero-order chi connectivity index (χ0) is 25.4. The van der Waals surface area contributed by atoms with Crippen molar-refractivity contribution in [1.82, 2.24) is 25.5 Å².